The molecule has 0 unspecified atom stereocenters. The van der Waals surface area contributed by atoms with Crippen molar-refractivity contribution in [2.45, 2.75) is 32.4 Å². The van der Waals surface area contributed by atoms with Crippen molar-refractivity contribution in [2.24, 2.45) is 5.73 Å². The Morgan fingerprint density at radius 1 is 1.61 bits per heavy atom. The van der Waals surface area contributed by atoms with Crippen LogP contribution in [-0.2, 0) is 11.3 Å². The molecule has 1 amide bonds. The lowest BCUT2D eigenvalue weighted by atomic mass is 10.1. The maximum absolute atomic E-state index is 11.7. The van der Waals surface area contributed by atoms with Crippen molar-refractivity contribution in [3.8, 4) is 0 Å². The number of nitrogens with one attached hydrogen (secondary N) is 1. The number of aromatic nitrogens is 1. The molecule has 1 aliphatic heterocycles. The van der Waals surface area contributed by atoms with Crippen LogP contribution in [0.3, 0.4) is 0 Å². The average Bonchev–Trinajstić information content (AvgIpc) is 2.76. The van der Waals surface area contributed by atoms with Gasteiger partial charge in [0.2, 0.25) is 5.91 Å². The highest BCUT2D eigenvalue weighted by Gasteiger charge is 2.18. The third kappa shape index (κ3) is 3.82. The summed E-state index contributed by atoms with van der Waals surface area (Å²) in [5, 5.41) is 6.59. The van der Waals surface area contributed by atoms with Crippen LogP contribution in [0.25, 0.3) is 0 Å². The van der Waals surface area contributed by atoms with Gasteiger partial charge in [-0.25, -0.2) is 0 Å². The molecule has 0 radical (unpaired) electrons. The number of amides is 1. The second kappa shape index (κ2) is 5.97. The second-order valence-electron chi connectivity index (χ2n) is 4.82. The van der Waals surface area contributed by atoms with Gasteiger partial charge >= 0.3 is 0 Å². The van der Waals surface area contributed by atoms with Gasteiger partial charge in [0.1, 0.15) is 0 Å². The number of carbonyl (C=O) groups excluding carboxylic acids is 1. The maximum atomic E-state index is 11.7. The lowest BCUT2D eigenvalue weighted by Crippen LogP contribution is -2.44. The molecule has 1 aromatic rings. The summed E-state index contributed by atoms with van der Waals surface area (Å²) in [5.41, 5.74) is 6.64. The number of hydrogen-bond acceptors (Lipinski definition) is 5. The van der Waals surface area contributed by atoms with Gasteiger partial charge in [-0.1, -0.05) is 5.16 Å². The van der Waals surface area contributed by atoms with E-state index >= 15 is 0 Å². The molecule has 100 valence electrons. The third-order valence-corrected chi connectivity index (χ3v) is 3.14. The molecular formula is C12H20N4O2. The summed E-state index contributed by atoms with van der Waals surface area (Å²) < 4.78 is 5.02. The molecule has 2 rings (SSSR count). The van der Waals surface area contributed by atoms with Crippen molar-refractivity contribution in [3.63, 3.8) is 0 Å². The predicted molar refractivity (Wildman–Crippen MR) is 66.7 cm³/mol. The van der Waals surface area contributed by atoms with Gasteiger partial charge in [-0.15, -0.1) is 0 Å². The predicted octanol–water partition coefficient (Wildman–Crippen LogP) is 0.0223. The van der Waals surface area contributed by atoms with E-state index in [4.69, 9.17) is 10.3 Å². The largest absolute Gasteiger partial charge is 0.359 e. The van der Waals surface area contributed by atoms with Gasteiger partial charge in [0.25, 0.3) is 0 Å². The average molecular weight is 252 g/mol. The smallest absolute Gasteiger partial charge is 0.234 e. The summed E-state index contributed by atoms with van der Waals surface area (Å²) in [6.07, 6.45) is 1.93. The fraction of sp³-hybridized carbons (Fsp3) is 0.667. The monoisotopic (exact) mass is 252 g/mol. The molecule has 1 aromatic heterocycles. The zero-order valence-corrected chi connectivity index (χ0v) is 10.7. The highest BCUT2D eigenvalue weighted by Crippen LogP contribution is 2.07. The lowest BCUT2D eigenvalue weighted by Gasteiger charge is -2.29. The van der Waals surface area contributed by atoms with Crippen molar-refractivity contribution in [1.82, 2.24) is 15.4 Å². The molecule has 1 saturated heterocycles. The minimum atomic E-state index is 0.0134. The number of nitrogens with two attached hydrogens (primary N) is 1. The van der Waals surface area contributed by atoms with Crippen molar-refractivity contribution in [3.05, 3.63) is 17.5 Å². The summed E-state index contributed by atoms with van der Waals surface area (Å²) in [6, 6.07) is 2.11. The Labute approximate surface area is 106 Å². The SMILES string of the molecule is Cc1cc(CNC(=O)CN2CCC(N)CC2)on1. The summed E-state index contributed by atoms with van der Waals surface area (Å²) in [6.45, 7) is 4.48. The Kier molecular flexibility index (Phi) is 4.33. The minimum Gasteiger partial charge on any atom is -0.359 e. The summed E-state index contributed by atoms with van der Waals surface area (Å²) in [4.78, 5) is 13.9. The Balaban J connectivity index is 1.69. The van der Waals surface area contributed by atoms with E-state index in [1.165, 1.54) is 0 Å². The van der Waals surface area contributed by atoms with E-state index in [9.17, 15) is 4.79 Å². The van der Waals surface area contributed by atoms with Crippen molar-refractivity contribution in [1.29, 1.82) is 0 Å². The van der Waals surface area contributed by atoms with E-state index in [2.05, 4.69) is 15.4 Å². The number of hydrogen-bond donors (Lipinski definition) is 2. The van der Waals surface area contributed by atoms with E-state index in [0.29, 0.717) is 24.9 Å². The molecule has 0 spiro atoms. The zero-order chi connectivity index (χ0) is 13.0. The van der Waals surface area contributed by atoms with Crippen LogP contribution in [0.15, 0.2) is 10.6 Å². The van der Waals surface area contributed by atoms with Crippen molar-refractivity contribution in [2.75, 3.05) is 19.6 Å². The highest BCUT2D eigenvalue weighted by molar-refractivity contribution is 5.77. The van der Waals surface area contributed by atoms with Crippen LogP contribution in [0.2, 0.25) is 0 Å². The van der Waals surface area contributed by atoms with E-state index in [1.54, 1.807) is 0 Å². The van der Waals surface area contributed by atoms with Crippen LogP contribution in [0.4, 0.5) is 0 Å². The topological polar surface area (TPSA) is 84.4 Å². The Morgan fingerprint density at radius 2 is 2.33 bits per heavy atom. The van der Waals surface area contributed by atoms with Gasteiger partial charge in [0.05, 0.1) is 18.8 Å². The maximum Gasteiger partial charge on any atom is 0.234 e. The molecular weight excluding hydrogens is 232 g/mol. The normalized spacial score (nSPS) is 17.9. The number of carbonyl (C=O) groups is 1. The summed E-state index contributed by atoms with van der Waals surface area (Å²) in [5.74, 6) is 0.695. The second-order valence-corrected chi connectivity index (χ2v) is 4.82. The highest BCUT2D eigenvalue weighted by atomic mass is 16.5. The lowest BCUT2D eigenvalue weighted by molar-refractivity contribution is -0.122. The first-order chi connectivity index (χ1) is 8.63. The number of nitrogens with zero attached hydrogens (tertiary/aromatic N) is 2. The molecule has 6 nitrogen and oxygen atoms in total. The molecule has 6 heteroatoms. The van der Waals surface area contributed by atoms with Crippen LogP contribution in [-0.4, -0.2) is 41.6 Å². The molecule has 0 saturated carbocycles. The quantitative estimate of drug-likeness (QED) is 0.789. The number of rotatable bonds is 4. The van der Waals surface area contributed by atoms with Crippen molar-refractivity contribution >= 4 is 5.91 Å². The first-order valence-electron chi connectivity index (χ1n) is 6.30. The Bertz CT molecular complexity index is 397. The van der Waals surface area contributed by atoms with Gasteiger partial charge < -0.3 is 15.6 Å². The zero-order valence-electron chi connectivity index (χ0n) is 10.7. The van der Waals surface area contributed by atoms with Gasteiger partial charge in [-0.3, -0.25) is 9.69 Å². The fourth-order valence-electron chi connectivity index (χ4n) is 2.06. The standard InChI is InChI=1S/C12H20N4O2/c1-9-6-11(18-15-9)7-14-12(17)8-16-4-2-10(13)3-5-16/h6,10H,2-5,7-8,13H2,1H3,(H,14,17). The van der Waals surface area contributed by atoms with Gasteiger partial charge in [-0.2, -0.15) is 0 Å². The molecule has 1 fully saturated rings. The first kappa shape index (κ1) is 13.0. The van der Waals surface area contributed by atoms with Gasteiger partial charge in [0, 0.05) is 25.2 Å². The van der Waals surface area contributed by atoms with E-state index in [1.807, 2.05) is 13.0 Å². The molecule has 1 aliphatic rings. The first-order valence-corrected chi connectivity index (χ1v) is 6.30. The number of piperidine rings is 1. The third-order valence-electron chi connectivity index (χ3n) is 3.14. The summed E-state index contributed by atoms with van der Waals surface area (Å²) in [7, 11) is 0. The van der Waals surface area contributed by atoms with E-state index in [-0.39, 0.29) is 5.91 Å². The van der Waals surface area contributed by atoms with E-state index < -0.39 is 0 Å². The molecule has 2 heterocycles. The van der Waals surface area contributed by atoms with E-state index in [0.717, 1.165) is 31.6 Å². The molecule has 0 bridgehead atoms. The molecule has 18 heavy (non-hydrogen) atoms. The molecule has 3 N–H and O–H groups in total. The van der Waals surface area contributed by atoms with Crippen LogP contribution in [0, 0.1) is 6.92 Å². The Hall–Kier alpha value is -1.40. The number of aryl methyl sites for hydroxylation is 1. The Morgan fingerprint density at radius 3 is 2.94 bits per heavy atom. The van der Waals surface area contributed by atoms with Crippen LogP contribution >= 0.6 is 0 Å². The summed E-state index contributed by atoms with van der Waals surface area (Å²) >= 11 is 0. The number of likely N-dealkylation sites (tertiary alicyclic amines) is 1. The van der Waals surface area contributed by atoms with Crippen LogP contribution < -0.4 is 11.1 Å². The van der Waals surface area contributed by atoms with Gasteiger partial charge in [-0.05, 0) is 19.8 Å². The van der Waals surface area contributed by atoms with Crippen LogP contribution in [0.5, 0.6) is 0 Å². The van der Waals surface area contributed by atoms with Crippen molar-refractivity contribution < 1.29 is 9.32 Å². The molecule has 0 aliphatic carbocycles. The minimum absolute atomic E-state index is 0.0134. The molecule has 0 atom stereocenters. The fourth-order valence-corrected chi connectivity index (χ4v) is 2.06. The van der Waals surface area contributed by atoms with Gasteiger partial charge in [0.15, 0.2) is 5.76 Å². The molecule has 0 aromatic carbocycles. The van der Waals surface area contributed by atoms with Crippen LogP contribution in [0.1, 0.15) is 24.3 Å².